The number of benzene rings is 2. The standard InChI is InChI=1S/C23H16ClFN4O3/c1-11-6-14-18(7-12(11)2)29(17-5-4-13(24)8-15(17)25)28-21(22(14)30)23-27-16-10-26-20(31-3)9-19(16)32-23/h4-10H,1-3H3. The zero-order valence-corrected chi connectivity index (χ0v) is 18.1. The van der Waals surface area contributed by atoms with E-state index in [9.17, 15) is 9.18 Å². The molecule has 0 unspecified atom stereocenters. The Morgan fingerprint density at radius 1 is 1.12 bits per heavy atom. The number of oxazole rings is 1. The second kappa shape index (κ2) is 7.42. The van der Waals surface area contributed by atoms with E-state index in [0.717, 1.165) is 11.1 Å². The van der Waals surface area contributed by atoms with Crippen LogP contribution in [-0.2, 0) is 0 Å². The third-order valence-electron chi connectivity index (χ3n) is 5.30. The molecule has 3 aromatic heterocycles. The fraction of sp³-hybridized carbons (Fsp3) is 0.130. The Balaban J connectivity index is 1.85. The highest BCUT2D eigenvalue weighted by Crippen LogP contribution is 2.27. The van der Waals surface area contributed by atoms with Crippen LogP contribution in [0.4, 0.5) is 4.39 Å². The molecule has 5 rings (SSSR count). The highest BCUT2D eigenvalue weighted by atomic mass is 35.5. The molecular weight excluding hydrogens is 435 g/mol. The maximum absolute atomic E-state index is 14.8. The van der Waals surface area contributed by atoms with Crippen LogP contribution in [0.2, 0.25) is 5.02 Å². The zero-order valence-electron chi connectivity index (χ0n) is 17.3. The van der Waals surface area contributed by atoms with Gasteiger partial charge in [0.2, 0.25) is 11.3 Å². The Morgan fingerprint density at radius 2 is 1.91 bits per heavy atom. The lowest BCUT2D eigenvalue weighted by atomic mass is 10.1. The molecule has 0 aliphatic carbocycles. The van der Waals surface area contributed by atoms with Gasteiger partial charge in [-0.05, 0) is 55.3 Å². The molecule has 0 N–H and O–H groups in total. The summed E-state index contributed by atoms with van der Waals surface area (Å²) < 4.78 is 27.1. The number of nitrogens with zero attached hydrogens (tertiary/aromatic N) is 4. The van der Waals surface area contributed by atoms with E-state index in [0.29, 0.717) is 27.9 Å². The van der Waals surface area contributed by atoms with Crippen LogP contribution in [0.5, 0.6) is 5.88 Å². The number of aromatic nitrogens is 4. The number of ether oxygens (including phenoxy) is 1. The van der Waals surface area contributed by atoms with E-state index >= 15 is 0 Å². The van der Waals surface area contributed by atoms with Crippen molar-refractivity contribution in [2.45, 2.75) is 13.8 Å². The number of methoxy groups -OCH3 is 1. The van der Waals surface area contributed by atoms with E-state index in [1.165, 1.54) is 30.1 Å². The van der Waals surface area contributed by atoms with E-state index < -0.39 is 5.82 Å². The molecule has 7 nitrogen and oxygen atoms in total. The van der Waals surface area contributed by atoms with Crippen molar-refractivity contribution < 1.29 is 13.5 Å². The topological polar surface area (TPSA) is 83.0 Å². The Bertz CT molecular complexity index is 1590. The van der Waals surface area contributed by atoms with Gasteiger partial charge in [-0.3, -0.25) is 4.79 Å². The normalized spacial score (nSPS) is 11.4. The van der Waals surface area contributed by atoms with Gasteiger partial charge in [-0.2, -0.15) is 5.10 Å². The third kappa shape index (κ3) is 3.20. The molecule has 0 atom stereocenters. The van der Waals surface area contributed by atoms with Crippen molar-refractivity contribution in [1.29, 1.82) is 0 Å². The molecule has 160 valence electrons. The van der Waals surface area contributed by atoms with Crippen LogP contribution in [0.15, 0.2) is 51.8 Å². The van der Waals surface area contributed by atoms with Gasteiger partial charge < -0.3 is 9.15 Å². The average Bonchev–Trinajstić information content (AvgIpc) is 3.19. The van der Waals surface area contributed by atoms with E-state index in [1.807, 2.05) is 13.8 Å². The summed E-state index contributed by atoms with van der Waals surface area (Å²) in [6.45, 7) is 3.82. The molecule has 5 aromatic rings. The highest BCUT2D eigenvalue weighted by molar-refractivity contribution is 6.30. The van der Waals surface area contributed by atoms with Crippen molar-refractivity contribution in [2.24, 2.45) is 0 Å². The molecule has 2 aromatic carbocycles. The number of pyridine rings is 1. The maximum atomic E-state index is 14.8. The smallest absolute Gasteiger partial charge is 0.252 e. The molecule has 0 spiro atoms. The van der Waals surface area contributed by atoms with Crippen molar-refractivity contribution in [3.05, 3.63) is 74.8 Å². The van der Waals surface area contributed by atoms with E-state index in [1.54, 1.807) is 24.3 Å². The van der Waals surface area contributed by atoms with Crippen LogP contribution >= 0.6 is 11.6 Å². The first-order chi connectivity index (χ1) is 15.4. The quantitative estimate of drug-likeness (QED) is 0.384. The average molecular weight is 451 g/mol. The second-order valence-corrected chi connectivity index (χ2v) is 7.79. The predicted octanol–water partition coefficient (Wildman–Crippen LogP) is 5.01. The Kier molecular flexibility index (Phi) is 4.67. The molecular formula is C23H16ClFN4O3. The molecule has 0 aliphatic heterocycles. The summed E-state index contributed by atoms with van der Waals surface area (Å²) in [5.41, 5.74) is 2.86. The van der Waals surface area contributed by atoms with E-state index in [-0.39, 0.29) is 27.7 Å². The Hall–Kier alpha value is -3.78. The maximum Gasteiger partial charge on any atom is 0.252 e. The summed E-state index contributed by atoms with van der Waals surface area (Å²) in [7, 11) is 1.49. The first-order valence-corrected chi connectivity index (χ1v) is 10.0. The van der Waals surface area contributed by atoms with Crippen molar-refractivity contribution in [3.63, 3.8) is 0 Å². The van der Waals surface area contributed by atoms with Gasteiger partial charge in [0.15, 0.2) is 11.3 Å². The predicted molar refractivity (Wildman–Crippen MR) is 119 cm³/mol. The minimum atomic E-state index is -0.578. The number of hydrogen-bond donors (Lipinski definition) is 0. The molecule has 9 heteroatoms. The molecule has 0 amide bonds. The lowest BCUT2D eigenvalue weighted by Crippen LogP contribution is -2.17. The van der Waals surface area contributed by atoms with E-state index in [4.69, 9.17) is 20.8 Å². The molecule has 0 bridgehead atoms. The first-order valence-electron chi connectivity index (χ1n) is 9.66. The first kappa shape index (κ1) is 20.1. The Morgan fingerprint density at radius 3 is 2.66 bits per heavy atom. The fourth-order valence-corrected chi connectivity index (χ4v) is 3.65. The van der Waals surface area contributed by atoms with Gasteiger partial charge in [0.25, 0.3) is 5.89 Å². The molecule has 3 heterocycles. The van der Waals surface area contributed by atoms with Gasteiger partial charge >= 0.3 is 0 Å². The minimum absolute atomic E-state index is 0.00306. The summed E-state index contributed by atoms with van der Waals surface area (Å²) >= 11 is 5.93. The van der Waals surface area contributed by atoms with Gasteiger partial charge in [0.05, 0.1) is 24.2 Å². The molecule has 32 heavy (non-hydrogen) atoms. The van der Waals surface area contributed by atoms with Crippen molar-refractivity contribution >= 4 is 33.6 Å². The van der Waals surface area contributed by atoms with Crippen LogP contribution in [-0.4, -0.2) is 26.9 Å². The summed E-state index contributed by atoms with van der Waals surface area (Å²) in [6, 6.07) is 9.39. The highest BCUT2D eigenvalue weighted by Gasteiger charge is 2.21. The number of aryl methyl sites for hydroxylation is 2. The molecule has 0 fully saturated rings. The summed E-state index contributed by atoms with van der Waals surface area (Å²) in [5, 5.41) is 5.07. The summed E-state index contributed by atoms with van der Waals surface area (Å²) in [4.78, 5) is 21.8. The van der Waals surface area contributed by atoms with Crippen LogP contribution < -0.4 is 10.2 Å². The number of hydrogen-bond acceptors (Lipinski definition) is 6. The molecule has 0 aliphatic rings. The van der Waals surface area contributed by atoms with Gasteiger partial charge in [0.1, 0.15) is 17.0 Å². The van der Waals surface area contributed by atoms with Crippen LogP contribution in [0.1, 0.15) is 11.1 Å². The van der Waals surface area contributed by atoms with Crippen LogP contribution in [0.3, 0.4) is 0 Å². The van der Waals surface area contributed by atoms with Crippen molar-refractivity contribution in [3.8, 4) is 23.2 Å². The fourth-order valence-electron chi connectivity index (χ4n) is 3.49. The largest absolute Gasteiger partial charge is 0.481 e. The number of halogens is 2. The number of fused-ring (bicyclic) bond motifs is 2. The summed E-state index contributed by atoms with van der Waals surface area (Å²) in [6.07, 6.45) is 1.48. The van der Waals surface area contributed by atoms with Gasteiger partial charge in [0, 0.05) is 11.1 Å². The molecule has 0 radical (unpaired) electrons. The third-order valence-corrected chi connectivity index (χ3v) is 5.53. The zero-order chi connectivity index (χ0) is 22.6. The SMILES string of the molecule is COc1cc2oc(-c3nn(-c4ccc(Cl)cc4F)c4cc(C)c(C)cc4c3=O)nc2cn1. The van der Waals surface area contributed by atoms with E-state index in [2.05, 4.69) is 15.1 Å². The summed E-state index contributed by atoms with van der Waals surface area (Å²) in [5.74, 6) is -0.229. The van der Waals surface area contributed by atoms with Crippen LogP contribution in [0.25, 0.3) is 39.3 Å². The van der Waals surface area contributed by atoms with Gasteiger partial charge in [-0.1, -0.05) is 11.6 Å². The Labute approximate surface area is 186 Å². The second-order valence-electron chi connectivity index (χ2n) is 7.35. The monoisotopic (exact) mass is 450 g/mol. The lowest BCUT2D eigenvalue weighted by Gasteiger charge is -2.14. The van der Waals surface area contributed by atoms with Gasteiger partial charge in [-0.25, -0.2) is 19.0 Å². The molecule has 0 saturated heterocycles. The molecule has 0 saturated carbocycles. The number of rotatable bonds is 3. The van der Waals surface area contributed by atoms with Crippen molar-refractivity contribution in [2.75, 3.05) is 7.11 Å². The van der Waals surface area contributed by atoms with Gasteiger partial charge in [-0.15, -0.1) is 0 Å². The van der Waals surface area contributed by atoms with Crippen LogP contribution in [0, 0.1) is 19.7 Å². The van der Waals surface area contributed by atoms with Crippen molar-refractivity contribution in [1.82, 2.24) is 19.7 Å². The lowest BCUT2D eigenvalue weighted by molar-refractivity contribution is 0.398. The minimum Gasteiger partial charge on any atom is -0.481 e.